The zero-order valence-electron chi connectivity index (χ0n) is 18.6. The summed E-state index contributed by atoms with van der Waals surface area (Å²) in [4.78, 5) is 17.1. The Morgan fingerprint density at radius 2 is 1.71 bits per heavy atom. The lowest BCUT2D eigenvalue weighted by atomic mass is 10.0. The first-order chi connectivity index (χ1) is 16.7. The Balaban J connectivity index is 1.41. The molecular weight excluding hydrogens is 426 g/mol. The second kappa shape index (κ2) is 9.46. The monoisotopic (exact) mass is 449 g/mol. The van der Waals surface area contributed by atoms with Gasteiger partial charge in [-0.15, -0.1) is 5.10 Å². The van der Waals surface area contributed by atoms with Crippen LogP contribution in [0.1, 0.15) is 22.7 Å². The van der Waals surface area contributed by atoms with E-state index in [1.54, 1.807) is 17.9 Å². The van der Waals surface area contributed by atoms with Gasteiger partial charge in [-0.1, -0.05) is 78.9 Å². The van der Waals surface area contributed by atoms with Crippen LogP contribution in [-0.2, 0) is 4.79 Å². The van der Waals surface area contributed by atoms with Gasteiger partial charge < -0.3 is 10.1 Å². The van der Waals surface area contributed by atoms with E-state index < -0.39 is 0 Å². The van der Waals surface area contributed by atoms with E-state index in [1.165, 1.54) is 6.08 Å². The summed E-state index contributed by atoms with van der Waals surface area (Å²) in [5.41, 5.74) is 3.85. The molecule has 0 unspecified atom stereocenters. The highest BCUT2D eigenvalue weighted by Gasteiger charge is 2.25. The number of nitrogens with zero attached hydrogens (tertiary/aromatic N) is 3. The second-order valence-corrected chi connectivity index (χ2v) is 7.70. The third kappa shape index (κ3) is 4.45. The van der Waals surface area contributed by atoms with E-state index in [2.05, 4.69) is 38.9 Å². The maximum Gasteiger partial charge on any atom is 0.250 e. The number of ether oxygens (including phenoxy) is 1. The summed E-state index contributed by atoms with van der Waals surface area (Å²) >= 11 is 0. The van der Waals surface area contributed by atoms with Crippen LogP contribution in [0.5, 0.6) is 5.75 Å². The lowest BCUT2D eigenvalue weighted by Gasteiger charge is -2.24. The van der Waals surface area contributed by atoms with Crippen LogP contribution in [-0.4, -0.2) is 27.8 Å². The lowest BCUT2D eigenvalue weighted by Crippen LogP contribution is -2.20. The molecule has 1 amide bonds. The molecule has 1 aliphatic rings. The number of carbonyl (C=O) groups excluding carboxylic acids is 1. The SMILES string of the molecule is COc1ccccc1/C=C/C(=O)Nc1nc2n(n1)[C@H](c1ccccc1)C=C(c1ccccc1)N2. The number of para-hydroxylation sites is 1. The molecule has 2 heterocycles. The number of hydrogen-bond donors (Lipinski definition) is 2. The highest BCUT2D eigenvalue weighted by atomic mass is 16.5. The maximum absolute atomic E-state index is 12.6. The van der Waals surface area contributed by atoms with Crippen molar-refractivity contribution < 1.29 is 9.53 Å². The van der Waals surface area contributed by atoms with Crippen LogP contribution in [0.4, 0.5) is 11.9 Å². The topological polar surface area (TPSA) is 81.1 Å². The molecular formula is C27H23N5O2. The van der Waals surface area contributed by atoms with Gasteiger partial charge in [0.05, 0.1) is 7.11 Å². The molecule has 7 heteroatoms. The first-order valence-electron chi connectivity index (χ1n) is 10.9. The average molecular weight is 450 g/mol. The molecule has 0 aliphatic carbocycles. The Kier molecular flexibility index (Phi) is 5.90. The summed E-state index contributed by atoms with van der Waals surface area (Å²) < 4.78 is 7.11. The summed E-state index contributed by atoms with van der Waals surface area (Å²) in [6.45, 7) is 0. The van der Waals surface area contributed by atoms with Crippen molar-refractivity contribution in [1.82, 2.24) is 14.8 Å². The molecule has 34 heavy (non-hydrogen) atoms. The molecule has 0 fully saturated rings. The minimum atomic E-state index is -0.332. The number of carbonyl (C=O) groups is 1. The largest absolute Gasteiger partial charge is 0.496 e. The van der Waals surface area contributed by atoms with Crippen molar-refractivity contribution in [2.75, 3.05) is 17.7 Å². The van der Waals surface area contributed by atoms with Gasteiger partial charge in [0.15, 0.2) is 0 Å². The van der Waals surface area contributed by atoms with Crippen LogP contribution in [0.25, 0.3) is 11.8 Å². The minimum absolute atomic E-state index is 0.171. The fourth-order valence-electron chi connectivity index (χ4n) is 3.84. The zero-order valence-corrected chi connectivity index (χ0v) is 18.6. The van der Waals surface area contributed by atoms with Gasteiger partial charge in [-0.05, 0) is 29.3 Å². The van der Waals surface area contributed by atoms with Crippen molar-refractivity contribution in [1.29, 1.82) is 0 Å². The van der Waals surface area contributed by atoms with Gasteiger partial charge >= 0.3 is 0 Å². The van der Waals surface area contributed by atoms with E-state index in [4.69, 9.17) is 4.74 Å². The Bertz CT molecular complexity index is 1360. The van der Waals surface area contributed by atoms with Gasteiger partial charge in [-0.3, -0.25) is 10.1 Å². The molecule has 168 valence electrons. The molecule has 5 rings (SSSR count). The van der Waals surface area contributed by atoms with Crippen LogP contribution in [0.3, 0.4) is 0 Å². The van der Waals surface area contributed by atoms with Crippen LogP contribution >= 0.6 is 0 Å². The van der Waals surface area contributed by atoms with E-state index in [0.29, 0.717) is 11.7 Å². The van der Waals surface area contributed by atoms with Gasteiger partial charge in [-0.25, -0.2) is 4.68 Å². The fourth-order valence-corrected chi connectivity index (χ4v) is 3.84. The normalized spacial score (nSPS) is 14.7. The number of hydrogen-bond acceptors (Lipinski definition) is 5. The molecule has 1 aliphatic heterocycles. The first-order valence-corrected chi connectivity index (χ1v) is 10.9. The van der Waals surface area contributed by atoms with Gasteiger partial charge in [0.25, 0.3) is 11.9 Å². The molecule has 0 bridgehead atoms. The maximum atomic E-state index is 12.6. The summed E-state index contributed by atoms with van der Waals surface area (Å²) in [5, 5.41) is 10.7. The van der Waals surface area contributed by atoms with Crippen LogP contribution in [0, 0.1) is 0 Å². The van der Waals surface area contributed by atoms with Crippen LogP contribution in [0.15, 0.2) is 97.1 Å². The Morgan fingerprint density at radius 1 is 1.00 bits per heavy atom. The van der Waals surface area contributed by atoms with Crippen LogP contribution < -0.4 is 15.4 Å². The molecule has 0 saturated carbocycles. The molecule has 2 N–H and O–H groups in total. The Morgan fingerprint density at radius 3 is 2.47 bits per heavy atom. The predicted molar refractivity (Wildman–Crippen MR) is 133 cm³/mol. The number of fused-ring (bicyclic) bond motifs is 1. The highest BCUT2D eigenvalue weighted by molar-refractivity contribution is 6.01. The molecule has 0 spiro atoms. The van der Waals surface area contributed by atoms with Gasteiger partial charge in [0.1, 0.15) is 11.8 Å². The molecule has 7 nitrogen and oxygen atoms in total. The number of anilines is 2. The number of amides is 1. The van der Waals surface area contributed by atoms with Crippen molar-refractivity contribution in [2.24, 2.45) is 0 Å². The van der Waals surface area contributed by atoms with E-state index in [-0.39, 0.29) is 17.9 Å². The van der Waals surface area contributed by atoms with E-state index in [0.717, 1.165) is 22.4 Å². The minimum Gasteiger partial charge on any atom is -0.496 e. The predicted octanol–water partition coefficient (Wildman–Crippen LogP) is 4.99. The summed E-state index contributed by atoms with van der Waals surface area (Å²) in [7, 11) is 1.60. The third-order valence-corrected chi connectivity index (χ3v) is 5.48. The molecule has 0 saturated heterocycles. The summed E-state index contributed by atoms with van der Waals surface area (Å²) in [5.74, 6) is 1.14. The second-order valence-electron chi connectivity index (χ2n) is 7.70. The van der Waals surface area contributed by atoms with Crippen molar-refractivity contribution in [3.8, 4) is 5.75 Å². The van der Waals surface area contributed by atoms with E-state index in [9.17, 15) is 4.79 Å². The lowest BCUT2D eigenvalue weighted by molar-refractivity contribution is -0.111. The number of nitrogens with one attached hydrogen (secondary N) is 2. The number of aromatic nitrogens is 3. The zero-order chi connectivity index (χ0) is 23.3. The third-order valence-electron chi connectivity index (χ3n) is 5.48. The number of methoxy groups -OCH3 is 1. The van der Waals surface area contributed by atoms with Gasteiger partial charge in [0.2, 0.25) is 5.95 Å². The number of allylic oxidation sites excluding steroid dienone is 1. The number of rotatable bonds is 6. The quantitative estimate of drug-likeness (QED) is 0.405. The molecule has 1 aromatic heterocycles. The van der Waals surface area contributed by atoms with E-state index in [1.807, 2.05) is 72.8 Å². The standard InChI is InChI=1S/C27H23N5O2/c1-34-24-15-9-8-14-21(24)16-17-25(33)29-26-30-27-28-22(19-10-4-2-5-11-19)18-23(32(27)31-26)20-12-6-3-7-13-20/h2-18,23H,1H3,(H2,28,29,30,31,33)/b17-16+/t23-/m0/s1. The van der Waals surface area contributed by atoms with Crippen molar-refractivity contribution in [2.45, 2.75) is 6.04 Å². The van der Waals surface area contributed by atoms with Crippen LogP contribution in [0.2, 0.25) is 0 Å². The van der Waals surface area contributed by atoms with Gasteiger partial charge in [-0.2, -0.15) is 4.98 Å². The molecule has 0 radical (unpaired) electrons. The molecule has 1 atom stereocenters. The molecule has 3 aromatic carbocycles. The number of benzene rings is 3. The van der Waals surface area contributed by atoms with Gasteiger partial charge in [0, 0.05) is 17.3 Å². The van der Waals surface area contributed by atoms with Crippen molar-refractivity contribution in [3.63, 3.8) is 0 Å². The van der Waals surface area contributed by atoms with Crippen molar-refractivity contribution in [3.05, 3.63) is 114 Å². The van der Waals surface area contributed by atoms with E-state index >= 15 is 0 Å². The summed E-state index contributed by atoms with van der Waals surface area (Å²) in [6, 6.07) is 27.4. The fraction of sp³-hybridized carbons (Fsp3) is 0.0741. The Labute approximate surface area is 197 Å². The Hall–Kier alpha value is -4.65. The smallest absolute Gasteiger partial charge is 0.250 e. The summed E-state index contributed by atoms with van der Waals surface area (Å²) in [6.07, 6.45) is 5.25. The highest BCUT2D eigenvalue weighted by Crippen LogP contribution is 2.33. The first kappa shape index (κ1) is 21.2. The average Bonchev–Trinajstić information content (AvgIpc) is 3.30. The van der Waals surface area contributed by atoms with Crippen molar-refractivity contribution >= 4 is 29.6 Å². The molecule has 4 aromatic rings.